The molecule has 2 saturated heterocycles. The predicted octanol–water partition coefficient (Wildman–Crippen LogP) is 4.28. The molecule has 5 heterocycles. The van der Waals surface area contributed by atoms with Crippen LogP contribution in [0.2, 0.25) is 0 Å². The zero-order valence-electron chi connectivity index (χ0n) is 21.3. The van der Waals surface area contributed by atoms with Crippen molar-refractivity contribution in [1.82, 2.24) is 25.1 Å². The van der Waals surface area contributed by atoms with Crippen LogP contribution >= 0.6 is 0 Å². The Morgan fingerprint density at radius 1 is 1.19 bits per heavy atom. The number of aliphatic hydroxyl groups excluding tert-OH is 1. The van der Waals surface area contributed by atoms with Crippen molar-refractivity contribution in [3.05, 3.63) is 35.7 Å². The molecule has 4 N–H and O–H groups in total. The number of pyridine rings is 2. The fraction of sp³-hybridized carbons (Fsp3) is 0.538. The second-order valence-corrected chi connectivity index (χ2v) is 10.9. The van der Waals surface area contributed by atoms with Crippen LogP contribution in [0.1, 0.15) is 57.7 Å². The molecular weight excluding hydrogens is 458 g/mol. The van der Waals surface area contributed by atoms with Gasteiger partial charge in [0.15, 0.2) is 5.82 Å². The van der Waals surface area contributed by atoms with Crippen LogP contribution < -0.4 is 10.6 Å². The number of aromatic amines is 1. The number of rotatable bonds is 6. The van der Waals surface area contributed by atoms with Crippen molar-refractivity contribution in [1.29, 1.82) is 0 Å². The number of nitrogens with zero attached hydrogens (tertiary/aromatic N) is 4. The first kappa shape index (κ1) is 24.3. The number of fused-ring (bicyclic) bond motifs is 3. The van der Waals surface area contributed by atoms with Crippen molar-refractivity contribution >= 4 is 34.4 Å². The number of hydrogen-bond acceptors (Lipinski definition) is 8. The minimum Gasteiger partial charge on any atom is -0.444 e. The minimum absolute atomic E-state index is 0.0635. The van der Waals surface area contributed by atoms with E-state index in [1.54, 1.807) is 6.20 Å². The second-order valence-electron chi connectivity index (χ2n) is 10.9. The van der Waals surface area contributed by atoms with Crippen molar-refractivity contribution in [2.75, 3.05) is 17.2 Å². The third kappa shape index (κ3) is 5.23. The molecule has 10 nitrogen and oxygen atoms in total. The zero-order valence-corrected chi connectivity index (χ0v) is 21.3. The van der Waals surface area contributed by atoms with Gasteiger partial charge in [0, 0.05) is 54.1 Å². The number of hydrogen-bond donors (Lipinski definition) is 4. The van der Waals surface area contributed by atoms with E-state index in [1.165, 1.54) is 0 Å². The van der Waals surface area contributed by atoms with Gasteiger partial charge in [-0.05, 0) is 71.4 Å². The first-order valence-electron chi connectivity index (χ1n) is 12.7. The molecule has 2 aliphatic heterocycles. The monoisotopic (exact) mass is 493 g/mol. The number of aliphatic hydroxyl groups is 1. The van der Waals surface area contributed by atoms with E-state index in [0.29, 0.717) is 18.1 Å². The van der Waals surface area contributed by atoms with Gasteiger partial charge in [0.25, 0.3) is 0 Å². The summed E-state index contributed by atoms with van der Waals surface area (Å²) in [6.45, 7) is 7.72. The van der Waals surface area contributed by atoms with Gasteiger partial charge in [-0.3, -0.25) is 10.1 Å². The van der Waals surface area contributed by atoms with E-state index in [4.69, 9.17) is 9.72 Å². The summed E-state index contributed by atoms with van der Waals surface area (Å²) in [7, 11) is 0. The number of carbonyl (C=O) groups is 1. The van der Waals surface area contributed by atoms with Gasteiger partial charge in [-0.2, -0.15) is 5.10 Å². The summed E-state index contributed by atoms with van der Waals surface area (Å²) >= 11 is 0. The van der Waals surface area contributed by atoms with E-state index < -0.39 is 5.60 Å². The van der Waals surface area contributed by atoms with Gasteiger partial charge < -0.3 is 25.4 Å². The van der Waals surface area contributed by atoms with Crippen molar-refractivity contribution < 1.29 is 14.6 Å². The number of H-pyrrole nitrogens is 1. The number of piperidine rings is 1. The van der Waals surface area contributed by atoms with Crippen LogP contribution in [0.25, 0.3) is 10.9 Å². The van der Waals surface area contributed by atoms with Crippen LogP contribution in [-0.4, -0.2) is 66.6 Å². The topological polar surface area (TPSA) is 128 Å². The van der Waals surface area contributed by atoms with Crippen molar-refractivity contribution in [2.45, 2.75) is 83.5 Å². The lowest BCUT2D eigenvalue weighted by Crippen LogP contribution is -2.51. The number of anilines is 3. The molecule has 2 aliphatic rings. The van der Waals surface area contributed by atoms with Gasteiger partial charge in [-0.15, -0.1) is 0 Å². The Labute approximate surface area is 210 Å². The predicted molar refractivity (Wildman–Crippen MR) is 138 cm³/mol. The first-order valence-corrected chi connectivity index (χ1v) is 12.7. The number of aryl methyl sites for hydroxylation is 1. The highest BCUT2D eigenvalue weighted by Gasteiger charge is 2.45. The van der Waals surface area contributed by atoms with Crippen LogP contribution in [0.3, 0.4) is 0 Å². The Bertz CT molecular complexity index is 1240. The molecule has 1 amide bonds. The number of ether oxygens (including phenoxy) is 1. The average molecular weight is 494 g/mol. The summed E-state index contributed by atoms with van der Waals surface area (Å²) in [5.74, 6) is 2.07. The van der Waals surface area contributed by atoms with Gasteiger partial charge in [0.2, 0.25) is 0 Å². The average Bonchev–Trinajstić information content (AvgIpc) is 3.33. The molecule has 0 spiro atoms. The van der Waals surface area contributed by atoms with Crippen LogP contribution in [0.4, 0.5) is 22.2 Å². The Morgan fingerprint density at radius 3 is 2.58 bits per heavy atom. The molecule has 10 heteroatoms. The molecule has 0 radical (unpaired) electrons. The third-order valence-corrected chi connectivity index (χ3v) is 6.78. The highest BCUT2D eigenvalue weighted by molar-refractivity contribution is 5.92. The van der Waals surface area contributed by atoms with E-state index in [-0.39, 0.29) is 30.8 Å². The smallest absolute Gasteiger partial charge is 0.410 e. The van der Waals surface area contributed by atoms with E-state index in [0.717, 1.165) is 53.7 Å². The molecule has 3 aromatic heterocycles. The summed E-state index contributed by atoms with van der Waals surface area (Å²) < 4.78 is 5.69. The lowest BCUT2D eigenvalue weighted by molar-refractivity contribution is 0.00683. The van der Waals surface area contributed by atoms with Gasteiger partial charge in [-0.25, -0.2) is 9.78 Å². The van der Waals surface area contributed by atoms with Crippen LogP contribution in [0, 0.1) is 6.92 Å². The fourth-order valence-corrected chi connectivity index (χ4v) is 5.32. The number of nitrogens with one attached hydrogen (secondary N) is 3. The molecule has 36 heavy (non-hydrogen) atoms. The van der Waals surface area contributed by atoms with Crippen LogP contribution in [0.15, 0.2) is 24.4 Å². The number of aromatic nitrogens is 4. The molecule has 2 bridgehead atoms. The van der Waals surface area contributed by atoms with Crippen molar-refractivity contribution in [3.63, 3.8) is 0 Å². The summed E-state index contributed by atoms with van der Waals surface area (Å²) in [5, 5.41) is 24.5. The quantitative estimate of drug-likeness (QED) is 0.401. The normalized spacial score (nSPS) is 21.6. The minimum atomic E-state index is -0.506. The van der Waals surface area contributed by atoms with Crippen molar-refractivity contribution in [3.8, 4) is 0 Å². The Balaban J connectivity index is 1.40. The highest BCUT2D eigenvalue weighted by Crippen LogP contribution is 2.38. The second kappa shape index (κ2) is 9.57. The molecule has 3 aromatic rings. The van der Waals surface area contributed by atoms with Crippen LogP contribution in [0.5, 0.6) is 0 Å². The summed E-state index contributed by atoms with van der Waals surface area (Å²) in [4.78, 5) is 24.3. The molecule has 2 fully saturated rings. The maximum absolute atomic E-state index is 12.9. The van der Waals surface area contributed by atoms with Gasteiger partial charge in [0.05, 0.1) is 5.52 Å². The number of carbonyl (C=O) groups excluding carboxylic acids is 1. The Kier molecular flexibility index (Phi) is 6.46. The van der Waals surface area contributed by atoms with E-state index >= 15 is 0 Å². The van der Waals surface area contributed by atoms with Crippen molar-refractivity contribution in [2.24, 2.45) is 0 Å². The maximum Gasteiger partial charge on any atom is 0.410 e. The van der Waals surface area contributed by atoms with Gasteiger partial charge in [-0.1, -0.05) is 0 Å². The van der Waals surface area contributed by atoms with E-state index in [2.05, 4.69) is 25.8 Å². The molecular formula is C26H35N7O3. The number of amides is 1. The first-order chi connectivity index (χ1) is 17.2. The third-order valence-electron chi connectivity index (χ3n) is 6.78. The SMILES string of the molecule is Cc1cc(Nc2cc3ncc(CCO)cc3c(NC3C[C@H]4CC[C@@H](C3)N4C(=O)OC(C)(C)C)n2)n[nH]1. The highest BCUT2D eigenvalue weighted by atomic mass is 16.6. The molecule has 0 saturated carbocycles. The standard InChI is InChI=1S/C26H35N7O3/c1-15-9-23(32-31-15)29-22-13-21-20(10-16(7-8-34)14-27-21)24(30-22)28-17-11-18-5-6-19(12-17)33(18)25(35)36-26(2,3)4/h9-10,13-14,17-19,34H,5-8,11-12H2,1-4H3,(H3,28,29,30,31,32)/t17?,18-,19+. The summed E-state index contributed by atoms with van der Waals surface area (Å²) in [5.41, 5.74) is 2.21. The van der Waals surface area contributed by atoms with Gasteiger partial charge >= 0.3 is 6.09 Å². The Morgan fingerprint density at radius 2 is 1.94 bits per heavy atom. The Hall–Kier alpha value is -3.40. The molecule has 0 aliphatic carbocycles. The molecule has 5 rings (SSSR count). The molecule has 0 aromatic carbocycles. The zero-order chi connectivity index (χ0) is 25.4. The summed E-state index contributed by atoms with van der Waals surface area (Å²) in [6, 6.07) is 6.34. The van der Waals surface area contributed by atoms with E-state index in [1.807, 2.05) is 50.8 Å². The summed E-state index contributed by atoms with van der Waals surface area (Å²) in [6.07, 6.45) is 5.75. The van der Waals surface area contributed by atoms with Gasteiger partial charge in [0.1, 0.15) is 17.2 Å². The fourth-order valence-electron chi connectivity index (χ4n) is 5.32. The largest absolute Gasteiger partial charge is 0.444 e. The maximum atomic E-state index is 12.9. The molecule has 192 valence electrons. The van der Waals surface area contributed by atoms with Crippen LogP contribution in [-0.2, 0) is 11.2 Å². The lowest BCUT2D eigenvalue weighted by Gasteiger charge is -2.39. The molecule has 1 unspecified atom stereocenters. The van der Waals surface area contributed by atoms with E-state index in [9.17, 15) is 9.90 Å². The molecule has 3 atom stereocenters. The lowest BCUT2D eigenvalue weighted by atomic mass is 9.97.